The van der Waals surface area contributed by atoms with E-state index in [1.165, 1.54) is 6.07 Å². The maximum atomic E-state index is 9.70. The molecule has 0 bridgehead atoms. The maximum absolute atomic E-state index is 9.70. The highest BCUT2D eigenvalue weighted by atomic mass is 35.5. The predicted molar refractivity (Wildman–Crippen MR) is 60.1 cm³/mol. The van der Waals surface area contributed by atoms with Gasteiger partial charge >= 0.3 is 0 Å². The summed E-state index contributed by atoms with van der Waals surface area (Å²) >= 11 is 17.5. The van der Waals surface area contributed by atoms with Crippen LogP contribution >= 0.6 is 34.8 Å². The lowest BCUT2D eigenvalue weighted by Gasteiger charge is -2.17. The molecule has 0 aliphatic heterocycles. The number of aliphatic hydroxyl groups excluding tert-OH is 1. The molecular formula is C9H10Cl3NO. The first kappa shape index (κ1) is 12.1. The van der Waals surface area contributed by atoms with Crippen molar-refractivity contribution in [2.75, 3.05) is 0 Å². The molecule has 5 heteroatoms. The van der Waals surface area contributed by atoms with Crippen molar-refractivity contribution in [3.05, 3.63) is 32.8 Å². The van der Waals surface area contributed by atoms with Crippen molar-refractivity contribution in [3.63, 3.8) is 0 Å². The van der Waals surface area contributed by atoms with Crippen LogP contribution in [0.4, 0.5) is 0 Å². The normalized spacial score (nSPS) is 15.3. The summed E-state index contributed by atoms with van der Waals surface area (Å²) in [7, 11) is 0. The molecule has 0 fully saturated rings. The number of nitrogens with two attached hydrogens (primary N) is 1. The van der Waals surface area contributed by atoms with Gasteiger partial charge in [0.15, 0.2) is 0 Å². The lowest BCUT2D eigenvalue weighted by Crippen LogP contribution is -2.24. The third-order valence-electron chi connectivity index (χ3n) is 1.84. The predicted octanol–water partition coefficient (Wildman–Crippen LogP) is 3.03. The van der Waals surface area contributed by atoms with Gasteiger partial charge in [0.2, 0.25) is 0 Å². The first-order valence-corrected chi connectivity index (χ1v) is 5.15. The molecule has 0 spiro atoms. The van der Waals surface area contributed by atoms with Gasteiger partial charge in [0.05, 0.1) is 16.1 Å². The molecule has 0 aliphatic rings. The number of benzene rings is 1. The quantitative estimate of drug-likeness (QED) is 0.797. The number of hydrogen-bond donors (Lipinski definition) is 2. The highest BCUT2D eigenvalue weighted by Crippen LogP contribution is 2.34. The third kappa shape index (κ3) is 2.53. The van der Waals surface area contributed by atoms with Gasteiger partial charge in [-0.25, -0.2) is 0 Å². The number of aliphatic hydroxyl groups is 1. The topological polar surface area (TPSA) is 46.2 Å². The summed E-state index contributed by atoms with van der Waals surface area (Å²) in [6, 6.07) is 2.65. The van der Waals surface area contributed by atoms with Gasteiger partial charge in [0, 0.05) is 16.6 Å². The van der Waals surface area contributed by atoms with E-state index in [2.05, 4.69) is 0 Å². The van der Waals surface area contributed by atoms with Crippen LogP contribution in [0.25, 0.3) is 0 Å². The Balaban J connectivity index is 3.20. The molecule has 0 unspecified atom stereocenters. The fraction of sp³-hybridized carbons (Fsp3) is 0.333. The average molecular weight is 255 g/mol. The highest BCUT2D eigenvalue weighted by molar-refractivity contribution is 6.43. The van der Waals surface area contributed by atoms with E-state index in [-0.39, 0.29) is 0 Å². The summed E-state index contributed by atoms with van der Waals surface area (Å²) < 4.78 is 0. The van der Waals surface area contributed by atoms with E-state index in [1.807, 2.05) is 0 Å². The Bertz CT molecular complexity index is 341. The summed E-state index contributed by atoms with van der Waals surface area (Å²) in [5.74, 6) is 0. The van der Waals surface area contributed by atoms with Gasteiger partial charge in [-0.2, -0.15) is 0 Å². The van der Waals surface area contributed by atoms with E-state index in [9.17, 15) is 5.11 Å². The van der Waals surface area contributed by atoms with Gasteiger partial charge in [0.25, 0.3) is 0 Å². The summed E-state index contributed by atoms with van der Waals surface area (Å²) in [5.41, 5.74) is 6.00. The standard InChI is InChI=1S/C9H10Cl3NO/c1-4(13)9(14)6-2-5(10)3-7(11)8(6)12/h2-4,9,14H,13H2,1H3/t4-,9+/m1/s1. The maximum Gasteiger partial charge on any atom is 0.0953 e. The van der Waals surface area contributed by atoms with Crippen LogP contribution in [0.2, 0.25) is 15.1 Å². The van der Waals surface area contributed by atoms with Crippen LogP contribution < -0.4 is 5.73 Å². The number of hydrogen-bond acceptors (Lipinski definition) is 2. The Morgan fingerprint density at radius 1 is 1.29 bits per heavy atom. The Morgan fingerprint density at radius 3 is 2.36 bits per heavy atom. The minimum atomic E-state index is -0.862. The lowest BCUT2D eigenvalue weighted by molar-refractivity contribution is 0.153. The summed E-state index contributed by atoms with van der Waals surface area (Å²) in [6.07, 6.45) is -0.862. The molecule has 14 heavy (non-hydrogen) atoms. The van der Waals surface area contributed by atoms with E-state index in [1.54, 1.807) is 13.0 Å². The van der Waals surface area contributed by atoms with Crippen LogP contribution in [0.15, 0.2) is 12.1 Å². The average Bonchev–Trinajstić information content (AvgIpc) is 2.09. The van der Waals surface area contributed by atoms with Gasteiger partial charge in [0.1, 0.15) is 0 Å². The van der Waals surface area contributed by atoms with Crippen molar-refractivity contribution in [2.24, 2.45) is 5.73 Å². The molecule has 0 amide bonds. The van der Waals surface area contributed by atoms with Crippen molar-refractivity contribution < 1.29 is 5.11 Å². The van der Waals surface area contributed by atoms with Crippen molar-refractivity contribution >= 4 is 34.8 Å². The van der Waals surface area contributed by atoms with Gasteiger partial charge in [-0.1, -0.05) is 34.8 Å². The monoisotopic (exact) mass is 253 g/mol. The van der Waals surface area contributed by atoms with E-state index in [0.29, 0.717) is 20.6 Å². The highest BCUT2D eigenvalue weighted by Gasteiger charge is 2.18. The molecule has 0 radical (unpaired) electrons. The minimum Gasteiger partial charge on any atom is -0.387 e. The lowest BCUT2D eigenvalue weighted by atomic mass is 10.0. The molecule has 0 saturated carbocycles. The minimum absolute atomic E-state index is 0.292. The Kier molecular flexibility index (Phi) is 4.04. The van der Waals surface area contributed by atoms with Crippen LogP contribution in [0, 0.1) is 0 Å². The molecule has 2 atom stereocenters. The van der Waals surface area contributed by atoms with E-state index in [0.717, 1.165) is 0 Å². The first-order chi connectivity index (χ1) is 6.43. The van der Waals surface area contributed by atoms with Gasteiger partial charge in [-0.15, -0.1) is 0 Å². The molecule has 1 rings (SSSR count). The van der Waals surface area contributed by atoms with Crippen LogP contribution in [-0.4, -0.2) is 11.1 Å². The zero-order valence-electron chi connectivity index (χ0n) is 7.47. The molecule has 2 nitrogen and oxygen atoms in total. The number of halogens is 3. The SMILES string of the molecule is C[C@@H](N)[C@H](O)c1cc(Cl)cc(Cl)c1Cl. The molecule has 1 aromatic carbocycles. The van der Waals surface area contributed by atoms with Gasteiger partial charge < -0.3 is 10.8 Å². The van der Waals surface area contributed by atoms with Gasteiger partial charge in [-0.3, -0.25) is 0 Å². The van der Waals surface area contributed by atoms with Crippen LogP contribution in [0.5, 0.6) is 0 Å². The molecule has 0 aliphatic carbocycles. The molecule has 1 aromatic rings. The molecule has 0 heterocycles. The fourth-order valence-electron chi connectivity index (χ4n) is 1.07. The summed E-state index contributed by atoms with van der Waals surface area (Å²) in [4.78, 5) is 0. The van der Waals surface area contributed by atoms with E-state index >= 15 is 0 Å². The van der Waals surface area contributed by atoms with Crippen LogP contribution in [0.3, 0.4) is 0 Å². The Morgan fingerprint density at radius 2 is 1.86 bits per heavy atom. The summed E-state index contributed by atoms with van der Waals surface area (Å²) in [6.45, 7) is 1.68. The Labute approximate surface area is 97.6 Å². The second-order valence-corrected chi connectivity index (χ2v) is 4.32. The van der Waals surface area contributed by atoms with Crippen molar-refractivity contribution in [2.45, 2.75) is 19.1 Å². The smallest absolute Gasteiger partial charge is 0.0953 e. The van der Waals surface area contributed by atoms with Gasteiger partial charge in [-0.05, 0) is 19.1 Å². The molecule has 78 valence electrons. The van der Waals surface area contributed by atoms with E-state index in [4.69, 9.17) is 40.5 Å². The molecular weight excluding hydrogens is 244 g/mol. The molecule has 3 N–H and O–H groups in total. The van der Waals surface area contributed by atoms with E-state index < -0.39 is 12.1 Å². The molecule has 0 aromatic heterocycles. The Hall–Kier alpha value is 0.01000. The summed E-state index contributed by atoms with van der Waals surface area (Å²) in [5, 5.41) is 10.7. The second kappa shape index (κ2) is 4.69. The van der Waals surface area contributed by atoms with Crippen molar-refractivity contribution in [3.8, 4) is 0 Å². The largest absolute Gasteiger partial charge is 0.387 e. The zero-order valence-corrected chi connectivity index (χ0v) is 9.74. The second-order valence-electron chi connectivity index (χ2n) is 3.09. The zero-order chi connectivity index (χ0) is 10.9. The number of rotatable bonds is 2. The van der Waals surface area contributed by atoms with Crippen molar-refractivity contribution in [1.82, 2.24) is 0 Å². The first-order valence-electron chi connectivity index (χ1n) is 4.01. The van der Waals surface area contributed by atoms with Crippen LogP contribution in [0.1, 0.15) is 18.6 Å². The molecule has 0 saturated heterocycles. The van der Waals surface area contributed by atoms with Crippen molar-refractivity contribution in [1.29, 1.82) is 0 Å². The third-order valence-corrected chi connectivity index (χ3v) is 2.87. The fourth-order valence-corrected chi connectivity index (χ4v) is 1.80. The van der Waals surface area contributed by atoms with Crippen LogP contribution in [-0.2, 0) is 0 Å².